The highest BCUT2D eigenvalue weighted by molar-refractivity contribution is 8.00. The summed E-state index contributed by atoms with van der Waals surface area (Å²) in [4.78, 5) is 57.1. The first-order chi connectivity index (χ1) is 27.6. The molecule has 0 aromatic carbocycles. The van der Waals surface area contributed by atoms with Crippen LogP contribution in [0.2, 0.25) is 0 Å². The number of ether oxygens (including phenoxy) is 1. The number of aliphatic imine (C=N–C) groups is 2. The van der Waals surface area contributed by atoms with Gasteiger partial charge in [-0.2, -0.15) is 11.8 Å². The number of hydrogen-bond donors (Lipinski definition) is 7. The number of nitrogens with one attached hydrogen (secondary N) is 3. The van der Waals surface area contributed by atoms with Crippen LogP contribution in [0, 0.1) is 0 Å². The maximum absolute atomic E-state index is 12.2. The zero-order valence-corrected chi connectivity index (χ0v) is 34.5. The Kier molecular flexibility index (Phi) is 18.3. The number of urea groups is 1. The predicted molar refractivity (Wildman–Crippen MR) is 224 cm³/mol. The quantitative estimate of drug-likeness (QED) is 0.0312. The van der Waals surface area contributed by atoms with Crippen molar-refractivity contribution in [1.82, 2.24) is 35.5 Å². The van der Waals surface area contributed by atoms with Gasteiger partial charge in [0.2, 0.25) is 5.91 Å². The lowest BCUT2D eigenvalue weighted by molar-refractivity contribution is -0.138. The van der Waals surface area contributed by atoms with E-state index in [1.54, 1.807) is 4.57 Å². The molecule has 19 heteroatoms. The Morgan fingerprint density at radius 2 is 1.86 bits per heavy atom. The Bertz CT molecular complexity index is 1650. The van der Waals surface area contributed by atoms with E-state index >= 15 is 0 Å². The number of amides is 3. The average molecular weight is 834 g/mol. The van der Waals surface area contributed by atoms with Gasteiger partial charge in [-0.1, -0.05) is 12.8 Å². The number of carbonyl (C=O) groups is 3. The molecule has 3 unspecified atom stereocenters. The monoisotopic (exact) mass is 833 g/mol. The number of nitrogens with zero attached hydrogens (tertiary/aromatic N) is 6. The smallest absolute Gasteiger partial charge is 0.320 e. The van der Waals surface area contributed by atoms with Crippen molar-refractivity contribution in [1.29, 1.82) is 0 Å². The summed E-state index contributed by atoms with van der Waals surface area (Å²) >= 11 is 1.92. The maximum atomic E-state index is 12.2. The third-order valence-electron chi connectivity index (χ3n) is 10.6. The molecule has 3 amide bonds. The van der Waals surface area contributed by atoms with Crippen molar-refractivity contribution >= 4 is 64.2 Å². The van der Waals surface area contributed by atoms with E-state index in [1.807, 2.05) is 30.4 Å². The van der Waals surface area contributed by atoms with Crippen molar-refractivity contribution in [3.8, 4) is 0 Å². The first-order valence-electron chi connectivity index (χ1n) is 20.3. The molecule has 5 heterocycles. The number of nitrogens with two attached hydrogens (primary N) is 1. The maximum Gasteiger partial charge on any atom is 0.320 e. The van der Waals surface area contributed by atoms with E-state index in [9.17, 15) is 24.6 Å². The highest BCUT2D eigenvalue weighted by atomic mass is 32.2. The summed E-state index contributed by atoms with van der Waals surface area (Å²) in [6.07, 6.45) is 16.9. The number of imidazole rings is 1. The molecule has 0 aliphatic carbocycles. The largest absolute Gasteiger partial charge is 0.480 e. The fraction of sp³-hybridized carbons (Fsp3) is 0.737. The molecule has 8 N–H and O–H groups in total. The molecule has 57 heavy (non-hydrogen) atoms. The van der Waals surface area contributed by atoms with Crippen molar-refractivity contribution in [2.45, 2.75) is 138 Å². The molecule has 5 rings (SSSR count). The van der Waals surface area contributed by atoms with Crippen LogP contribution in [-0.4, -0.2) is 143 Å². The predicted octanol–water partition coefficient (Wildman–Crippen LogP) is 2.10. The van der Waals surface area contributed by atoms with Gasteiger partial charge in [0.1, 0.15) is 47.7 Å². The van der Waals surface area contributed by atoms with Crippen LogP contribution in [0.15, 0.2) is 22.6 Å². The van der Waals surface area contributed by atoms with E-state index < -0.39 is 36.6 Å². The molecule has 2 aromatic heterocycles. The first-order valence-corrected chi connectivity index (χ1v) is 23.3. The van der Waals surface area contributed by atoms with Crippen molar-refractivity contribution in [3.63, 3.8) is 0 Å². The van der Waals surface area contributed by atoms with Crippen LogP contribution in [0.25, 0.3) is 11.2 Å². The number of rotatable bonds is 26. The molecule has 3 saturated heterocycles. The summed E-state index contributed by atoms with van der Waals surface area (Å²) in [6.45, 7) is 1.87. The van der Waals surface area contributed by atoms with Gasteiger partial charge < -0.3 is 41.7 Å². The summed E-state index contributed by atoms with van der Waals surface area (Å²) in [6, 6.07) is -0.498. The topological polar surface area (TPSA) is 252 Å². The number of thioether (sulfide) groups is 1. The van der Waals surface area contributed by atoms with Gasteiger partial charge in [-0.15, -0.1) is 0 Å². The molecule has 9 atom stereocenters. The summed E-state index contributed by atoms with van der Waals surface area (Å²) in [5.74, 6) is 1.10. The Morgan fingerprint density at radius 1 is 1.07 bits per heavy atom. The second-order valence-electron chi connectivity index (χ2n) is 15.1. The zero-order chi connectivity index (χ0) is 40.6. The van der Waals surface area contributed by atoms with Gasteiger partial charge in [0.05, 0.1) is 36.9 Å². The molecule has 0 saturated carbocycles. The molecule has 17 nitrogen and oxygen atoms in total. The zero-order valence-electron chi connectivity index (χ0n) is 32.9. The summed E-state index contributed by atoms with van der Waals surface area (Å²) < 4.78 is 7.71. The van der Waals surface area contributed by atoms with E-state index in [0.717, 1.165) is 82.9 Å². The number of carbonyl (C=O) groups excluding carboxylic acids is 2. The minimum absolute atomic E-state index is 0.0531. The number of aliphatic hydroxyl groups is 2. The number of fused-ring (bicyclic) bond motifs is 2. The molecule has 2 aromatic rings. The lowest BCUT2D eigenvalue weighted by Crippen LogP contribution is -2.37. The third kappa shape index (κ3) is 13.6. The normalized spacial score (nSPS) is 25.6. The van der Waals surface area contributed by atoms with E-state index in [-0.39, 0.29) is 34.9 Å². The number of aromatic nitrogens is 4. The molecule has 3 fully saturated rings. The fourth-order valence-electron chi connectivity index (χ4n) is 7.28. The molecule has 3 aliphatic rings. The van der Waals surface area contributed by atoms with E-state index in [0.29, 0.717) is 59.5 Å². The van der Waals surface area contributed by atoms with Gasteiger partial charge in [0.25, 0.3) is 0 Å². The van der Waals surface area contributed by atoms with E-state index in [2.05, 4.69) is 40.9 Å². The third-order valence-corrected chi connectivity index (χ3v) is 14.0. The van der Waals surface area contributed by atoms with Gasteiger partial charge in [0, 0.05) is 36.9 Å². The van der Waals surface area contributed by atoms with Crippen molar-refractivity contribution in [3.05, 3.63) is 18.3 Å². The van der Waals surface area contributed by atoms with Crippen LogP contribution in [0.3, 0.4) is 0 Å². The number of carboxylic acid groups (broad SMARTS) is 1. The van der Waals surface area contributed by atoms with Crippen molar-refractivity contribution in [2.75, 3.05) is 36.6 Å². The van der Waals surface area contributed by atoms with Crippen LogP contribution < -0.4 is 21.7 Å². The number of aliphatic carboxylic acids is 1. The standard InChI is InChI=1S/C38H60N10O7S2/c1-57(19-14-25(39)37(52)53)22-28-33(50)34(51)36(55-28)48-24-45-32-26(43-23-44-35(32)48)20-41-17-9-4-2-3-8-15-40-16-10-5-11-18-42-30(49)13-7-6-12-29-31-27(21-56-29)46-38(54)47-31/h15,17,23-25,27-29,31,33-34,36,50-51H,2-14,16,18-22,39H2,1H3,(H3-,42,46,47,49,52,53,54)/p+1/t25-,27?,28+,29+,31?,33+,34+,36+,57?/m0/s1. The Labute approximate surface area is 341 Å². The van der Waals surface area contributed by atoms with Gasteiger partial charge >= 0.3 is 12.0 Å². The Hall–Kier alpha value is -3.36. The van der Waals surface area contributed by atoms with Crippen molar-refractivity contribution in [2.24, 2.45) is 15.7 Å². The molecule has 3 aliphatic heterocycles. The summed E-state index contributed by atoms with van der Waals surface area (Å²) in [5, 5.41) is 40.1. The average Bonchev–Trinajstić information content (AvgIpc) is 3.96. The number of hydrogen-bond acceptors (Lipinski definition) is 13. The molecule has 0 spiro atoms. The molecular weight excluding hydrogens is 773 g/mol. The second-order valence-corrected chi connectivity index (χ2v) is 18.7. The molecule has 0 bridgehead atoms. The van der Waals surface area contributed by atoms with Crippen molar-refractivity contribution < 1.29 is 34.4 Å². The van der Waals surface area contributed by atoms with E-state index in [1.165, 1.54) is 12.7 Å². The minimum Gasteiger partial charge on any atom is -0.480 e. The van der Waals surface area contributed by atoms with Crippen LogP contribution in [0.5, 0.6) is 0 Å². The summed E-state index contributed by atoms with van der Waals surface area (Å²) in [7, 11) is -0.267. The van der Waals surface area contributed by atoms with Gasteiger partial charge in [0.15, 0.2) is 11.9 Å². The lowest BCUT2D eigenvalue weighted by Gasteiger charge is -2.16. The van der Waals surface area contributed by atoms with Crippen LogP contribution in [0.4, 0.5) is 4.79 Å². The first kappa shape index (κ1) is 44.7. The van der Waals surface area contributed by atoms with Crippen LogP contribution in [0.1, 0.15) is 95.4 Å². The highest BCUT2D eigenvalue weighted by Gasteiger charge is 2.47. The molecule has 0 radical (unpaired) electrons. The molecule has 316 valence electrons. The van der Waals surface area contributed by atoms with Crippen LogP contribution in [-0.2, 0) is 31.8 Å². The minimum atomic E-state index is -1.19. The second kappa shape index (κ2) is 23.3. The fourth-order valence-corrected chi connectivity index (χ4v) is 10.5. The molecular formula is C38H61N10O7S2+. The highest BCUT2D eigenvalue weighted by Crippen LogP contribution is 2.34. The SMILES string of the molecule is C[S+](CC[C@H](N)C(=O)O)C[C@H]1O[C@@H](n2cnc3c(CN=CCCCCCC=NCCCCCNC(=O)CCCC[C@H]4SCC5NC(=O)NC54)ncnc32)[C@H](O)[C@@H]1O. The number of carboxylic acids is 1. The number of unbranched alkanes of at least 4 members (excludes halogenated alkanes) is 7. The Balaban J connectivity index is 0.867. The lowest BCUT2D eigenvalue weighted by atomic mass is 10.0. The van der Waals surface area contributed by atoms with Gasteiger partial charge in [-0.3, -0.25) is 24.1 Å². The van der Waals surface area contributed by atoms with Crippen LogP contribution >= 0.6 is 11.8 Å². The number of aliphatic hydroxyl groups excluding tert-OH is 2. The van der Waals surface area contributed by atoms with Gasteiger partial charge in [-0.05, 0) is 81.1 Å². The van der Waals surface area contributed by atoms with E-state index in [4.69, 9.17) is 15.6 Å². The summed E-state index contributed by atoms with van der Waals surface area (Å²) in [5.41, 5.74) is 7.33. The van der Waals surface area contributed by atoms with Gasteiger partial charge in [-0.25, -0.2) is 19.7 Å². The Morgan fingerprint density at radius 3 is 2.67 bits per heavy atom.